The molecule has 1 aliphatic rings. The van der Waals surface area contributed by atoms with E-state index in [4.69, 9.17) is 8.23 Å². The minimum absolute atomic E-state index is 0.442. The van der Waals surface area contributed by atoms with Crippen molar-refractivity contribution < 1.29 is 8.23 Å². The van der Waals surface area contributed by atoms with Gasteiger partial charge in [-0.2, -0.15) is 0 Å². The quantitative estimate of drug-likeness (QED) is 0.377. The fourth-order valence-corrected chi connectivity index (χ4v) is 5.75. The third-order valence-electron chi connectivity index (χ3n) is 3.80. The van der Waals surface area contributed by atoms with Crippen LogP contribution in [0.1, 0.15) is 84.0 Å². The van der Waals surface area contributed by atoms with E-state index in [1.54, 1.807) is 0 Å². The van der Waals surface area contributed by atoms with E-state index in [-0.39, 0.29) is 0 Å². The molecule has 1 aliphatic heterocycles. The van der Waals surface area contributed by atoms with Crippen molar-refractivity contribution in [2.45, 2.75) is 90.0 Å². The highest BCUT2D eigenvalue weighted by Crippen LogP contribution is 2.14. The molecule has 0 spiro atoms. The molecule has 1 saturated heterocycles. The maximum absolute atomic E-state index is 5.49. The van der Waals surface area contributed by atoms with Crippen LogP contribution < -0.4 is 0 Å². The summed E-state index contributed by atoms with van der Waals surface area (Å²) in [5.41, 5.74) is 0. The van der Waals surface area contributed by atoms with Gasteiger partial charge in [-0.05, 0) is 6.04 Å². The van der Waals surface area contributed by atoms with Crippen LogP contribution in [0.2, 0.25) is 6.04 Å². The molecule has 1 heterocycles. The topological polar surface area (TPSA) is 18.5 Å². The normalized spacial score (nSPS) is 20.2. The first kappa shape index (κ1) is 16.4. The average molecular weight is 289 g/mol. The van der Waals surface area contributed by atoms with Crippen LogP contribution in [-0.2, 0) is 8.23 Å². The maximum Gasteiger partial charge on any atom is 0.303 e. The lowest BCUT2D eigenvalue weighted by molar-refractivity contribution is 0.309. The molecule has 108 valence electrons. The number of hydrogen-bond donors (Lipinski definition) is 0. The molecule has 1 fully saturated rings. The highest BCUT2D eigenvalue weighted by atomic mass is 28.4. The van der Waals surface area contributed by atoms with Gasteiger partial charge in [0, 0.05) is 0 Å². The van der Waals surface area contributed by atoms with Gasteiger partial charge >= 0.3 is 9.28 Å². The zero-order valence-electron chi connectivity index (χ0n) is 12.3. The monoisotopic (exact) mass is 288 g/mol. The Labute approximate surface area is 118 Å². The molecule has 0 N–H and O–H groups in total. The van der Waals surface area contributed by atoms with Crippen molar-refractivity contribution >= 4 is 19.3 Å². The number of rotatable bonds is 13. The van der Waals surface area contributed by atoms with E-state index < -0.39 is 19.3 Å². The first-order valence-corrected chi connectivity index (χ1v) is 11.1. The van der Waals surface area contributed by atoms with E-state index in [9.17, 15) is 0 Å². The SMILES string of the molecule is CCCCCCCCCCCCCC[SiH]1O[SiH2]O1. The average Bonchev–Trinajstić information content (AvgIpc) is 2.33. The minimum Gasteiger partial charge on any atom is -0.422 e. The molecule has 0 bridgehead atoms. The summed E-state index contributed by atoms with van der Waals surface area (Å²) in [4.78, 5) is 0. The van der Waals surface area contributed by atoms with Crippen molar-refractivity contribution in [2.75, 3.05) is 0 Å². The molecule has 18 heavy (non-hydrogen) atoms. The van der Waals surface area contributed by atoms with Crippen molar-refractivity contribution in [3.05, 3.63) is 0 Å². The van der Waals surface area contributed by atoms with Gasteiger partial charge in [0.2, 0.25) is 0 Å². The second-order valence-electron chi connectivity index (χ2n) is 5.56. The Morgan fingerprint density at radius 1 is 0.667 bits per heavy atom. The summed E-state index contributed by atoms with van der Waals surface area (Å²) in [6.07, 6.45) is 17.2. The van der Waals surface area contributed by atoms with E-state index >= 15 is 0 Å². The fourth-order valence-electron chi connectivity index (χ4n) is 2.48. The molecule has 0 amide bonds. The maximum atomic E-state index is 5.49. The van der Waals surface area contributed by atoms with E-state index in [1.165, 1.54) is 83.1 Å². The Morgan fingerprint density at radius 2 is 1.11 bits per heavy atom. The largest absolute Gasteiger partial charge is 0.422 e. The summed E-state index contributed by atoms with van der Waals surface area (Å²) in [6, 6.07) is 1.27. The first-order valence-electron chi connectivity index (χ1n) is 8.16. The number of unbranched alkanes of at least 4 members (excludes halogenated alkanes) is 11. The molecule has 0 saturated carbocycles. The van der Waals surface area contributed by atoms with Crippen LogP contribution in [0.5, 0.6) is 0 Å². The van der Waals surface area contributed by atoms with Crippen molar-refractivity contribution in [3.8, 4) is 0 Å². The summed E-state index contributed by atoms with van der Waals surface area (Å²) in [6.45, 7) is 2.29. The van der Waals surface area contributed by atoms with Crippen LogP contribution in [0.25, 0.3) is 0 Å². The van der Waals surface area contributed by atoms with E-state index in [1.807, 2.05) is 0 Å². The Kier molecular flexibility index (Phi) is 11.3. The van der Waals surface area contributed by atoms with Gasteiger partial charge in [-0.25, -0.2) is 0 Å². The lowest BCUT2D eigenvalue weighted by atomic mass is 10.1. The molecule has 0 aromatic rings. The highest BCUT2D eigenvalue weighted by Gasteiger charge is 2.20. The molecular formula is C14H32O2Si2. The molecule has 2 nitrogen and oxygen atoms in total. The second-order valence-corrected chi connectivity index (χ2v) is 9.90. The van der Waals surface area contributed by atoms with Crippen LogP contribution >= 0.6 is 0 Å². The fraction of sp³-hybridized carbons (Fsp3) is 1.00. The van der Waals surface area contributed by atoms with Gasteiger partial charge < -0.3 is 8.23 Å². The second kappa shape index (κ2) is 12.4. The lowest BCUT2D eigenvalue weighted by Crippen LogP contribution is -2.38. The molecule has 0 aromatic carbocycles. The minimum atomic E-state index is -1.02. The molecule has 0 atom stereocenters. The van der Waals surface area contributed by atoms with Crippen molar-refractivity contribution in [1.29, 1.82) is 0 Å². The Morgan fingerprint density at radius 3 is 1.50 bits per heavy atom. The summed E-state index contributed by atoms with van der Waals surface area (Å²) in [7, 11) is -1.47. The van der Waals surface area contributed by atoms with Crippen LogP contribution in [-0.4, -0.2) is 19.3 Å². The Hall–Kier alpha value is 0.354. The third-order valence-corrected chi connectivity index (χ3v) is 8.74. The van der Waals surface area contributed by atoms with E-state index in [2.05, 4.69) is 6.92 Å². The van der Waals surface area contributed by atoms with Gasteiger partial charge in [0.05, 0.1) is 0 Å². The molecular weight excluding hydrogens is 256 g/mol. The number of hydrogen-bond acceptors (Lipinski definition) is 2. The molecule has 4 heteroatoms. The van der Waals surface area contributed by atoms with Gasteiger partial charge in [-0.3, -0.25) is 0 Å². The van der Waals surface area contributed by atoms with E-state index in [0.717, 1.165) is 0 Å². The molecule has 0 radical (unpaired) electrons. The van der Waals surface area contributed by atoms with Crippen molar-refractivity contribution in [2.24, 2.45) is 0 Å². The lowest BCUT2D eigenvalue weighted by Gasteiger charge is -2.25. The van der Waals surface area contributed by atoms with Crippen LogP contribution in [0.4, 0.5) is 0 Å². The van der Waals surface area contributed by atoms with Crippen LogP contribution in [0.3, 0.4) is 0 Å². The van der Waals surface area contributed by atoms with Gasteiger partial charge in [0.15, 0.2) is 0 Å². The molecule has 0 aromatic heterocycles. The summed E-state index contributed by atoms with van der Waals surface area (Å²) >= 11 is 0. The predicted octanol–water partition coefficient (Wildman–Crippen LogP) is 3.95. The van der Waals surface area contributed by atoms with Crippen molar-refractivity contribution in [1.82, 2.24) is 0 Å². The predicted molar refractivity (Wildman–Crippen MR) is 83.7 cm³/mol. The van der Waals surface area contributed by atoms with Gasteiger partial charge in [0.1, 0.15) is 0 Å². The highest BCUT2D eigenvalue weighted by molar-refractivity contribution is 6.64. The zero-order valence-corrected chi connectivity index (χ0v) is 14.9. The van der Waals surface area contributed by atoms with Gasteiger partial charge in [-0.15, -0.1) is 0 Å². The first-order chi connectivity index (χ1) is 8.93. The van der Waals surface area contributed by atoms with Gasteiger partial charge in [-0.1, -0.05) is 84.0 Å². The smallest absolute Gasteiger partial charge is 0.303 e. The van der Waals surface area contributed by atoms with Crippen LogP contribution in [0.15, 0.2) is 0 Å². The molecule has 1 rings (SSSR count). The molecule has 0 unspecified atom stereocenters. The summed E-state index contributed by atoms with van der Waals surface area (Å²) in [5.74, 6) is 0. The summed E-state index contributed by atoms with van der Waals surface area (Å²) < 4.78 is 11.0. The zero-order chi connectivity index (χ0) is 12.9. The standard InChI is InChI=1S/C14H32O2Si2/c1-2-3-4-5-6-7-8-9-10-11-12-13-14-18-15-17-16-18/h18H,2-14,17H2,1H3. The third kappa shape index (κ3) is 9.31. The Bertz CT molecular complexity index is 175. The van der Waals surface area contributed by atoms with E-state index in [0.29, 0.717) is 0 Å². The van der Waals surface area contributed by atoms with Crippen molar-refractivity contribution in [3.63, 3.8) is 0 Å². The molecule has 0 aliphatic carbocycles. The van der Waals surface area contributed by atoms with Crippen LogP contribution in [0, 0.1) is 0 Å². The Balaban J connectivity index is 1.63. The summed E-state index contributed by atoms with van der Waals surface area (Å²) in [5, 5.41) is 0. The van der Waals surface area contributed by atoms with Gasteiger partial charge in [0.25, 0.3) is 10.0 Å².